The minimum Gasteiger partial charge on any atom is -0.244 e. The van der Waals surface area contributed by atoms with Crippen LogP contribution in [0.4, 0.5) is 0 Å². The summed E-state index contributed by atoms with van der Waals surface area (Å²) in [7, 11) is 0. The summed E-state index contributed by atoms with van der Waals surface area (Å²) < 4.78 is 0. The van der Waals surface area contributed by atoms with Crippen molar-refractivity contribution in [3.05, 3.63) is 82.0 Å². The van der Waals surface area contributed by atoms with Gasteiger partial charge in [0.2, 0.25) is 0 Å². The van der Waals surface area contributed by atoms with E-state index >= 15 is 0 Å². The van der Waals surface area contributed by atoms with E-state index < -0.39 is 0 Å². The van der Waals surface area contributed by atoms with Crippen LogP contribution in [0.5, 0.6) is 0 Å². The van der Waals surface area contributed by atoms with Crippen LogP contribution < -0.4 is 0 Å². The van der Waals surface area contributed by atoms with Crippen LogP contribution in [-0.2, 0) is 0 Å². The Morgan fingerprint density at radius 3 is 2.82 bits per heavy atom. The first kappa shape index (κ1) is 14.9. The van der Waals surface area contributed by atoms with Crippen molar-refractivity contribution < 1.29 is 0 Å². The molecule has 0 N–H and O–H groups in total. The average Bonchev–Trinajstić information content (AvgIpc) is 3.06. The van der Waals surface area contributed by atoms with Crippen molar-refractivity contribution in [2.45, 2.75) is 0 Å². The van der Waals surface area contributed by atoms with E-state index in [1.165, 1.54) is 0 Å². The summed E-state index contributed by atoms with van der Waals surface area (Å²) in [6.07, 6.45) is 6.02. The highest BCUT2D eigenvalue weighted by Crippen LogP contribution is 2.33. The molecule has 1 aromatic heterocycles. The SMILES string of the molecule is N#Cc1ccccc1C(=CC1C=CSC1)c1cccnc1Cl. The Hall–Kier alpha value is -2.02. The van der Waals surface area contributed by atoms with Crippen molar-refractivity contribution in [3.63, 3.8) is 0 Å². The number of thioether (sulfide) groups is 1. The Morgan fingerprint density at radius 1 is 1.27 bits per heavy atom. The van der Waals surface area contributed by atoms with Crippen molar-refractivity contribution in [2.24, 2.45) is 5.92 Å². The number of hydrogen-bond acceptors (Lipinski definition) is 3. The third-order valence-corrected chi connectivity index (χ3v) is 4.71. The van der Waals surface area contributed by atoms with Crippen molar-refractivity contribution in [1.82, 2.24) is 4.98 Å². The van der Waals surface area contributed by atoms with Gasteiger partial charge in [0.05, 0.1) is 11.6 Å². The molecule has 1 unspecified atom stereocenters. The van der Waals surface area contributed by atoms with Gasteiger partial charge in [-0.3, -0.25) is 0 Å². The lowest BCUT2D eigenvalue weighted by molar-refractivity contribution is 0.976. The number of pyridine rings is 1. The predicted molar refractivity (Wildman–Crippen MR) is 92.6 cm³/mol. The topological polar surface area (TPSA) is 36.7 Å². The quantitative estimate of drug-likeness (QED) is 0.752. The highest BCUT2D eigenvalue weighted by atomic mass is 35.5. The third-order valence-electron chi connectivity index (χ3n) is 3.48. The second-order valence-electron chi connectivity index (χ2n) is 4.91. The maximum absolute atomic E-state index is 9.40. The Morgan fingerprint density at radius 2 is 2.09 bits per heavy atom. The van der Waals surface area contributed by atoms with Crippen LogP contribution >= 0.6 is 23.4 Å². The molecule has 108 valence electrons. The van der Waals surface area contributed by atoms with E-state index in [-0.39, 0.29) is 0 Å². The molecule has 22 heavy (non-hydrogen) atoms. The van der Waals surface area contributed by atoms with E-state index in [4.69, 9.17) is 11.6 Å². The molecule has 0 spiro atoms. The van der Waals surface area contributed by atoms with Crippen LogP contribution in [0.25, 0.3) is 5.57 Å². The minimum atomic E-state index is 0.336. The first-order valence-electron chi connectivity index (χ1n) is 6.90. The normalized spacial score (nSPS) is 17.5. The van der Waals surface area contributed by atoms with Crippen LogP contribution in [0.2, 0.25) is 5.15 Å². The molecule has 0 amide bonds. The molecule has 0 fully saturated rings. The first-order valence-corrected chi connectivity index (χ1v) is 8.33. The van der Waals surface area contributed by atoms with Gasteiger partial charge in [-0.2, -0.15) is 5.26 Å². The highest BCUT2D eigenvalue weighted by Gasteiger charge is 2.16. The number of nitriles is 1. The second kappa shape index (κ2) is 6.83. The molecule has 2 nitrogen and oxygen atoms in total. The van der Waals surface area contributed by atoms with Crippen molar-refractivity contribution in [1.29, 1.82) is 5.26 Å². The fourth-order valence-electron chi connectivity index (χ4n) is 2.42. The zero-order valence-electron chi connectivity index (χ0n) is 11.7. The van der Waals surface area contributed by atoms with E-state index in [9.17, 15) is 5.26 Å². The van der Waals surface area contributed by atoms with Crippen LogP contribution in [0, 0.1) is 17.2 Å². The maximum atomic E-state index is 9.40. The van der Waals surface area contributed by atoms with Crippen LogP contribution in [0.3, 0.4) is 0 Å². The molecule has 0 saturated heterocycles. The van der Waals surface area contributed by atoms with Crippen molar-refractivity contribution in [2.75, 3.05) is 5.75 Å². The summed E-state index contributed by atoms with van der Waals surface area (Å²) in [5, 5.41) is 12.0. The zero-order valence-corrected chi connectivity index (χ0v) is 13.3. The molecule has 1 aromatic carbocycles. The first-order chi connectivity index (χ1) is 10.8. The highest BCUT2D eigenvalue weighted by molar-refractivity contribution is 8.02. The monoisotopic (exact) mass is 324 g/mol. The number of halogens is 1. The number of aromatic nitrogens is 1. The molecule has 1 aliphatic heterocycles. The van der Waals surface area contributed by atoms with Gasteiger partial charge < -0.3 is 0 Å². The fourth-order valence-corrected chi connectivity index (χ4v) is 3.50. The number of nitrogens with zero attached hydrogens (tertiary/aromatic N) is 2. The predicted octanol–water partition coefficient (Wildman–Crippen LogP) is 4.92. The van der Waals surface area contributed by atoms with Gasteiger partial charge >= 0.3 is 0 Å². The molecule has 1 aliphatic rings. The summed E-state index contributed by atoms with van der Waals surface area (Å²) in [6, 6.07) is 13.7. The Labute approximate surface area is 139 Å². The zero-order chi connectivity index (χ0) is 15.4. The molecular formula is C18H13ClN2S. The minimum absolute atomic E-state index is 0.336. The van der Waals surface area contributed by atoms with Gasteiger partial charge in [0.25, 0.3) is 0 Å². The molecule has 0 bridgehead atoms. The summed E-state index contributed by atoms with van der Waals surface area (Å²) in [4.78, 5) is 4.17. The van der Waals surface area contributed by atoms with Crippen molar-refractivity contribution in [3.8, 4) is 6.07 Å². The summed E-state index contributed by atoms with van der Waals surface area (Å²) in [6.45, 7) is 0. The van der Waals surface area contributed by atoms with Crippen molar-refractivity contribution >= 4 is 28.9 Å². The van der Waals surface area contributed by atoms with Gasteiger partial charge in [-0.15, -0.1) is 11.8 Å². The van der Waals surface area contributed by atoms with E-state index in [0.29, 0.717) is 16.6 Å². The van der Waals surface area contributed by atoms with Gasteiger partial charge in [-0.1, -0.05) is 42.0 Å². The lowest BCUT2D eigenvalue weighted by Gasteiger charge is -2.13. The molecule has 4 heteroatoms. The van der Waals surface area contributed by atoms with Crippen LogP contribution in [0.1, 0.15) is 16.7 Å². The standard InChI is InChI=1S/C18H13ClN2S/c19-18-16(6-3-8-21-18)17(10-13-7-9-22-12-13)15-5-2-1-4-14(15)11-20/h1-10,13H,12H2. The molecular weight excluding hydrogens is 312 g/mol. The fraction of sp³-hybridized carbons (Fsp3) is 0.111. The van der Waals surface area contributed by atoms with E-state index in [0.717, 1.165) is 22.5 Å². The molecule has 0 radical (unpaired) electrons. The molecule has 2 aromatic rings. The van der Waals surface area contributed by atoms with Crippen LogP contribution in [0.15, 0.2) is 60.2 Å². The largest absolute Gasteiger partial charge is 0.244 e. The van der Waals surface area contributed by atoms with Gasteiger partial charge in [0.1, 0.15) is 5.15 Å². The number of benzene rings is 1. The van der Waals surface area contributed by atoms with E-state index in [1.54, 1.807) is 18.0 Å². The molecule has 0 aliphatic carbocycles. The molecule has 2 heterocycles. The molecule has 0 saturated carbocycles. The lowest BCUT2D eigenvalue weighted by atomic mass is 9.92. The maximum Gasteiger partial charge on any atom is 0.136 e. The van der Waals surface area contributed by atoms with Gasteiger partial charge in [0, 0.05) is 23.4 Å². The second-order valence-corrected chi connectivity index (χ2v) is 6.20. The average molecular weight is 325 g/mol. The van der Waals surface area contributed by atoms with Crippen LogP contribution in [-0.4, -0.2) is 10.7 Å². The van der Waals surface area contributed by atoms with E-state index in [2.05, 4.69) is 28.6 Å². The lowest BCUT2D eigenvalue weighted by Crippen LogP contribution is -1.99. The molecule has 1 atom stereocenters. The summed E-state index contributed by atoms with van der Waals surface area (Å²) >= 11 is 8.08. The van der Waals surface area contributed by atoms with Gasteiger partial charge in [-0.25, -0.2) is 4.98 Å². The van der Waals surface area contributed by atoms with E-state index in [1.807, 2.05) is 36.4 Å². The van der Waals surface area contributed by atoms with Gasteiger partial charge in [0.15, 0.2) is 0 Å². The summed E-state index contributed by atoms with van der Waals surface area (Å²) in [5.41, 5.74) is 3.36. The Balaban J connectivity index is 2.17. The Bertz CT molecular complexity index is 790. The smallest absolute Gasteiger partial charge is 0.136 e. The molecule has 3 rings (SSSR count). The number of allylic oxidation sites excluding steroid dienone is 2. The number of rotatable bonds is 3. The Kier molecular flexibility index (Phi) is 4.62. The number of hydrogen-bond donors (Lipinski definition) is 0. The van der Waals surface area contributed by atoms with Gasteiger partial charge in [-0.05, 0) is 34.7 Å². The third kappa shape index (κ3) is 3.09. The summed E-state index contributed by atoms with van der Waals surface area (Å²) in [5.74, 6) is 1.35.